The molecule has 0 fully saturated rings. The van der Waals surface area contributed by atoms with Gasteiger partial charge in [-0.25, -0.2) is 0 Å². The number of hydrogen-bond acceptors (Lipinski definition) is 2. The molecule has 1 rings (SSSR count). The second kappa shape index (κ2) is 3.19. The van der Waals surface area contributed by atoms with Gasteiger partial charge in [0.25, 0.3) is 5.69 Å². The summed E-state index contributed by atoms with van der Waals surface area (Å²) in [6.45, 7) is 0. The molecule has 0 aromatic heterocycles. The fraction of sp³-hybridized carbons (Fsp3) is 0. The van der Waals surface area contributed by atoms with Gasteiger partial charge in [-0.3, -0.25) is 10.1 Å². The van der Waals surface area contributed by atoms with E-state index in [1.54, 1.807) is 0 Å². The molecular formula is C6H3BrClNO2. The second-order valence-electron chi connectivity index (χ2n) is 1.85. The van der Waals surface area contributed by atoms with Gasteiger partial charge >= 0.3 is 0 Å². The lowest BCUT2D eigenvalue weighted by Gasteiger charge is -1.93. The van der Waals surface area contributed by atoms with Crippen LogP contribution in [0.25, 0.3) is 0 Å². The molecule has 0 bridgehead atoms. The fourth-order valence-corrected chi connectivity index (χ4v) is 1.46. The molecule has 0 heterocycles. The van der Waals surface area contributed by atoms with Crippen LogP contribution in [0.1, 0.15) is 0 Å². The highest BCUT2D eigenvalue weighted by atomic mass is 79.9. The first-order valence-electron chi connectivity index (χ1n) is 2.70. The van der Waals surface area contributed by atoms with Crippen molar-refractivity contribution in [2.45, 2.75) is 0 Å². The number of nitro benzene ring substituents is 1. The maximum absolute atomic E-state index is 10.3. The van der Waals surface area contributed by atoms with Crippen molar-refractivity contribution < 1.29 is 4.92 Å². The zero-order chi connectivity index (χ0) is 8.43. The molecule has 0 unspecified atom stereocenters. The highest BCUT2D eigenvalue weighted by Gasteiger charge is 2.10. The van der Waals surface area contributed by atoms with Crippen molar-refractivity contribution in [3.05, 3.63) is 37.8 Å². The van der Waals surface area contributed by atoms with Crippen LogP contribution in [0.15, 0.2) is 22.7 Å². The van der Waals surface area contributed by atoms with Crippen LogP contribution in [-0.4, -0.2) is 4.92 Å². The first-order valence-corrected chi connectivity index (χ1v) is 3.88. The van der Waals surface area contributed by atoms with E-state index in [1.807, 2.05) is 0 Å². The maximum atomic E-state index is 10.3. The molecule has 5 heteroatoms. The van der Waals surface area contributed by atoms with Crippen molar-refractivity contribution in [3.8, 4) is 0 Å². The Hall–Kier alpha value is -0.610. The topological polar surface area (TPSA) is 43.1 Å². The van der Waals surface area contributed by atoms with Crippen LogP contribution in [0.5, 0.6) is 0 Å². The van der Waals surface area contributed by atoms with Gasteiger partial charge in [-0.2, -0.15) is 0 Å². The highest BCUT2D eigenvalue weighted by Crippen LogP contribution is 2.27. The third-order valence-corrected chi connectivity index (χ3v) is 1.98. The van der Waals surface area contributed by atoms with Gasteiger partial charge in [0.15, 0.2) is 0 Å². The van der Waals surface area contributed by atoms with Gasteiger partial charge in [0.1, 0.15) is 0 Å². The van der Waals surface area contributed by atoms with E-state index in [0.717, 1.165) is 0 Å². The van der Waals surface area contributed by atoms with Crippen molar-refractivity contribution in [1.82, 2.24) is 0 Å². The van der Waals surface area contributed by atoms with Gasteiger partial charge in [-0.05, 0) is 28.1 Å². The molecular weight excluding hydrogens is 233 g/mol. The van der Waals surface area contributed by atoms with Crippen molar-refractivity contribution in [2.24, 2.45) is 0 Å². The summed E-state index contributed by atoms with van der Waals surface area (Å²) in [5.41, 5.74) is 0.0226. The predicted molar refractivity (Wildman–Crippen MR) is 45.8 cm³/mol. The van der Waals surface area contributed by atoms with Gasteiger partial charge < -0.3 is 0 Å². The van der Waals surface area contributed by atoms with Crippen LogP contribution < -0.4 is 0 Å². The summed E-state index contributed by atoms with van der Waals surface area (Å²) in [7, 11) is 0. The number of nitrogens with zero attached hydrogens (tertiary/aromatic N) is 1. The van der Waals surface area contributed by atoms with Gasteiger partial charge in [0, 0.05) is 11.1 Å². The van der Waals surface area contributed by atoms with E-state index < -0.39 is 4.92 Å². The summed E-state index contributed by atoms with van der Waals surface area (Å²) >= 11 is 8.59. The summed E-state index contributed by atoms with van der Waals surface area (Å²) in [5.74, 6) is 0. The molecule has 11 heavy (non-hydrogen) atoms. The normalized spacial score (nSPS) is 9.64. The lowest BCUT2D eigenvalue weighted by atomic mass is 10.3. The van der Waals surface area contributed by atoms with Crippen LogP contribution in [0.3, 0.4) is 0 Å². The number of benzene rings is 1. The molecule has 3 nitrogen and oxygen atoms in total. The van der Waals surface area contributed by atoms with Gasteiger partial charge in [-0.1, -0.05) is 11.6 Å². The zero-order valence-corrected chi connectivity index (χ0v) is 7.59. The molecule has 0 aliphatic carbocycles. The highest BCUT2D eigenvalue weighted by molar-refractivity contribution is 9.10. The number of nitro groups is 1. The molecule has 0 spiro atoms. The van der Waals surface area contributed by atoms with Gasteiger partial charge in [0.2, 0.25) is 0 Å². The Kier molecular flexibility index (Phi) is 2.46. The van der Waals surface area contributed by atoms with Crippen molar-refractivity contribution in [2.75, 3.05) is 0 Å². The molecule has 58 valence electrons. The van der Waals surface area contributed by atoms with E-state index in [9.17, 15) is 10.1 Å². The molecule has 0 saturated carbocycles. The summed E-state index contributed by atoms with van der Waals surface area (Å²) in [4.78, 5) is 9.79. The monoisotopic (exact) mass is 235 g/mol. The molecule has 0 aliphatic rings. The lowest BCUT2D eigenvalue weighted by Crippen LogP contribution is -1.87. The first kappa shape index (κ1) is 8.49. The first-order chi connectivity index (χ1) is 5.11. The van der Waals surface area contributed by atoms with Gasteiger partial charge in [-0.15, -0.1) is 0 Å². The van der Waals surface area contributed by atoms with Crippen LogP contribution >= 0.6 is 27.5 Å². The summed E-state index contributed by atoms with van der Waals surface area (Å²) < 4.78 is 0.398. The smallest absolute Gasteiger partial charge is 0.258 e. The summed E-state index contributed by atoms with van der Waals surface area (Å²) in [6, 6.07) is 4.32. The minimum absolute atomic E-state index is 0.0226. The minimum Gasteiger partial charge on any atom is -0.258 e. The quantitative estimate of drug-likeness (QED) is 0.556. The SMILES string of the molecule is O=[N+]([O-])c1ccc(Cl)cc1Br. The molecule has 1 aromatic carbocycles. The van der Waals surface area contributed by atoms with Crippen LogP contribution in [-0.2, 0) is 0 Å². The van der Waals surface area contributed by atoms with E-state index in [4.69, 9.17) is 11.6 Å². The minimum atomic E-state index is -0.472. The van der Waals surface area contributed by atoms with E-state index in [0.29, 0.717) is 9.50 Å². The fourth-order valence-electron chi connectivity index (χ4n) is 0.629. The van der Waals surface area contributed by atoms with Crippen molar-refractivity contribution in [3.63, 3.8) is 0 Å². The Morgan fingerprint density at radius 3 is 2.64 bits per heavy atom. The van der Waals surface area contributed by atoms with Crippen LogP contribution in [0.4, 0.5) is 5.69 Å². The largest absolute Gasteiger partial charge is 0.283 e. The number of hydrogen-bond donors (Lipinski definition) is 0. The van der Waals surface area contributed by atoms with E-state index in [1.165, 1.54) is 18.2 Å². The zero-order valence-electron chi connectivity index (χ0n) is 5.25. The van der Waals surface area contributed by atoms with E-state index in [-0.39, 0.29) is 5.69 Å². The Morgan fingerprint density at radius 2 is 2.18 bits per heavy atom. The molecule has 0 N–H and O–H groups in total. The Bertz CT molecular complexity index is 303. The molecule has 0 amide bonds. The Morgan fingerprint density at radius 1 is 1.55 bits per heavy atom. The molecule has 0 aliphatic heterocycles. The summed E-state index contributed by atoms with van der Waals surface area (Å²) in [5, 5.41) is 10.7. The Labute approximate surface area is 76.3 Å². The number of halogens is 2. The number of rotatable bonds is 1. The molecule has 1 aromatic rings. The predicted octanol–water partition coefficient (Wildman–Crippen LogP) is 3.01. The average Bonchev–Trinajstić information content (AvgIpc) is 1.85. The van der Waals surface area contributed by atoms with E-state index >= 15 is 0 Å². The third kappa shape index (κ3) is 1.91. The standard InChI is InChI=1S/C6H3BrClNO2/c7-5-3-4(8)1-2-6(5)9(10)11/h1-3H. The maximum Gasteiger partial charge on any atom is 0.283 e. The molecule has 0 atom stereocenters. The summed E-state index contributed by atoms with van der Waals surface area (Å²) in [6.07, 6.45) is 0. The van der Waals surface area contributed by atoms with E-state index in [2.05, 4.69) is 15.9 Å². The average molecular weight is 236 g/mol. The Balaban J connectivity index is 3.20. The van der Waals surface area contributed by atoms with Gasteiger partial charge in [0.05, 0.1) is 9.40 Å². The van der Waals surface area contributed by atoms with Crippen LogP contribution in [0, 0.1) is 10.1 Å². The third-order valence-electron chi connectivity index (χ3n) is 1.11. The molecule has 0 saturated heterocycles. The second-order valence-corrected chi connectivity index (χ2v) is 3.14. The van der Waals surface area contributed by atoms with Crippen molar-refractivity contribution >= 4 is 33.2 Å². The lowest BCUT2D eigenvalue weighted by molar-refractivity contribution is -0.385. The van der Waals surface area contributed by atoms with Crippen LogP contribution in [0.2, 0.25) is 5.02 Å². The molecule has 0 radical (unpaired) electrons. The van der Waals surface area contributed by atoms with Crippen molar-refractivity contribution in [1.29, 1.82) is 0 Å².